The lowest BCUT2D eigenvalue weighted by Crippen LogP contribution is -2.21. The van der Waals surface area contributed by atoms with E-state index < -0.39 is 0 Å². The van der Waals surface area contributed by atoms with Crippen LogP contribution in [0.15, 0.2) is 0 Å². The van der Waals surface area contributed by atoms with E-state index in [1.165, 1.54) is 0 Å². The molecule has 100 valence electrons. The molecule has 0 aliphatic carbocycles. The summed E-state index contributed by atoms with van der Waals surface area (Å²) in [7, 11) is 0. The third-order valence-corrected chi connectivity index (χ3v) is 3.88. The Bertz CT molecular complexity index is 425. The van der Waals surface area contributed by atoms with Crippen LogP contribution in [0.1, 0.15) is 31.7 Å². The van der Waals surface area contributed by atoms with Crippen molar-refractivity contribution in [2.75, 3.05) is 18.5 Å². The lowest BCUT2D eigenvalue weighted by Gasteiger charge is -2.16. The van der Waals surface area contributed by atoms with Crippen LogP contribution in [0, 0.1) is 12.8 Å². The number of aryl methyl sites for hydroxylation is 1. The van der Waals surface area contributed by atoms with Gasteiger partial charge in [-0.15, -0.1) is 0 Å². The molecular weight excluding hydrogens is 250 g/mol. The van der Waals surface area contributed by atoms with Crippen LogP contribution in [0.3, 0.4) is 0 Å². The minimum atomic E-state index is 0.320. The predicted octanol–water partition coefficient (Wildman–Crippen LogP) is 2.84. The molecule has 1 aliphatic heterocycles. The maximum Gasteiger partial charge on any atom is 0.137 e. The number of halogens is 1. The number of anilines is 1. The number of hydrogen-bond donors (Lipinski definition) is 1. The van der Waals surface area contributed by atoms with E-state index in [-0.39, 0.29) is 0 Å². The molecule has 1 aliphatic rings. The van der Waals surface area contributed by atoms with E-state index in [2.05, 4.69) is 22.2 Å². The van der Waals surface area contributed by atoms with Gasteiger partial charge in [-0.2, -0.15) is 0 Å². The minimum absolute atomic E-state index is 0.320. The summed E-state index contributed by atoms with van der Waals surface area (Å²) >= 11 is 6.11. The molecule has 1 aromatic rings. The van der Waals surface area contributed by atoms with Gasteiger partial charge in [0.15, 0.2) is 0 Å². The first-order valence-electron chi connectivity index (χ1n) is 6.50. The summed E-state index contributed by atoms with van der Waals surface area (Å²) in [6.45, 7) is 7.82. The first-order valence-corrected chi connectivity index (χ1v) is 6.88. The summed E-state index contributed by atoms with van der Waals surface area (Å²) in [4.78, 5) is 8.73. The van der Waals surface area contributed by atoms with Crippen molar-refractivity contribution in [3.05, 3.63) is 16.5 Å². The lowest BCUT2D eigenvalue weighted by molar-refractivity contribution is 0.108. The molecule has 4 nitrogen and oxygen atoms in total. The Kier molecular flexibility index (Phi) is 4.40. The monoisotopic (exact) mass is 269 g/mol. The van der Waals surface area contributed by atoms with Crippen LogP contribution in [-0.2, 0) is 11.2 Å². The van der Waals surface area contributed by atoms with E-state index in [0.717, 1.165) is 43.2 Å². The zero-order chi connectivity index (χ0) is 13.1. The second-order valence-corrected chi connectivity index (χ2v) is 5.12. The average molecular weight is 270 g/mol. The molecule has 0 spiro atoms. The maximum absolute atomic E-state index is 6.11. The van der Waals surface area contributed by atoms with E-state index in [1.807, 2.05) is 13.8 Å². The van der Waals surface area contributed by atoms with Crippen molar-refractivity contribution in [1.29, 1.82) is 0 Å². The van der Waals surface area contributed by atoms with Crippen molar-refractivity contribution >= 4 is 17.4 Å². The molecule has 0 saturated carbocycles. The van der Waals surface area contributed by atoms with Gasteiger partial charge in [0.05, 0.1) is 6.10 Å². The standard InChI is InChI=1S/C13H20ClN3O/c1-4-11-16-12(14)8(2)13(17-11)15-7-10-5-6-18-9(10)3/h9-10H,4-7H2,1-3H3,(H,15,16,17). The second-order valence-electron chi connectivity index (χ2n) is 4.76. The van der Waals surface area contributed by atoms with Crippen molar-refractivity contribution in [3.8, 4) is 0 Å². The summed E-state index contributed by atoms with van der Waals surface area (Å²) in [5, 5.41) is 3.93. The van der Waals surface area contributed by atoms with Crippen LogP contribution in [-0.4, -0.2) is 29.2 Å². The molecule has 1 N–H and O–H groups in total. The molecule has 18 heavy (non-hydrogen) atoms. The first kappa shape index (κ1) is 13.6. The molecule has 2 atom stereocenters. The van der Waals surface area contributed by atoms with Crippen molar-refractivity contribution in [2.45, 2.75) is 39.7 Å². The van der Waals surface area contributed by atoms with Gasteiger partial charge in [0.25, 0.3) is 0 Å². The van der Waals surface area contributed by atoms with Gasteiger partial charge < -0.3 is 10.1 Å². The van der Waals surface area contributed by atoms with Gasteiger partial charge in [0.2, 0.25) is 0 Å². The highest BCUT2D eigenvalue weighted by atomic mass is 35.5. The summed E-state index contributed by atoms with van der Waals surface area (Å²) < 4.78 is 5.55. The topological polar surface area (TPSA) is 47.0 Å². The molecule has 1 saturated heterocycles. The number of aromatic nitrogens is 2. The smallest absolute Gasteiger partial charge is 0.137 e. The van der Waals surface area contributed by atoms with E-state index in [4.69, 9.17) is 16.3 Å². The Labute approximate surface area is 113 Å². The zero-order valence-electron chi connectivity index (χ0n) is 11.2. The molecule has 1 fully saturated rings. The third-order valence-electron chi connectivity index (χ3n) is 3.51. The highest BCUT2D eigenvalue weighted by Crippen LogP contribution is 2.23. The van der Waals surface area contributed by atoms with E-state index >= 15 is 0 Å². The Hall–Kier alpha value is -0.870. The lowest BCUT2D eigenvalue weighted by atomic mass is 10.0. The zero-order valence-corrected chi connectivity index (χ0v) is 11.9. The van der Waals surface area contributed by atoms with Gasteiger partial charge in [-0.25, -0.2) is 9.97 Å². The highest BCUT2D eigenvalue weighted by molar-refractivity contribution is 6.30. The van der Waals surface area contributed by atoms with Crippen LogP contribution in [0.25, 0.3) is 0 Å². The molecule has 0 aromatic carbocycles. The van der Waals surface area contributed by atoms with E-state index in [1.54, 1.807) is 0 Å². The van der Waals surface area contributed by atoms with Gasteiger partial charge in [-0.05, 0) is 20.3 Å². The van der Waals surface area contributed by atoms with Crippen molar-refractivity contribution < 1.29 is 4.74 Å². The van der Waals surface area contributed by atoms with Crippen LogP contribution in [0.5, 0.6) is 0 Å². The van der Waals surface area contributed by atoms with Gasteiger partial charge in [0, 0.05) is 31.1 Å². The van der Waals surface area contributed by atoms with Gasteiger partial charge in [-0.3, -0.25) is 0 Å². The second kappa shape index (κ2) is 5.85. The van der Waals surface area contributed by atoms with Crippen molar-refractivity contribution in [1.82, 2.24) is 9.97 Å². The predicted molar refractivity (Wildman–Crippen MR) is 73.2 cm³/mol. The fraction of sp³-hybridized carbons (Fsp3) is 0.692. The van der Waals surface area contributed by atoms with Crippen LogP contribution in [0.2, 0.25) is 5.15 Å². The fourth-order valence-electron chi connectivity index (χ4n) is 2.13. The number of ether oxygens (including phenoxy) is 1. The number of nitrogens with one attached hydrogen (secondary N) is 1. The Morgan fingerprint density at radius 3 is 2.83 bits per heavy atom. The number of nitrogens with zero attached hydrogens (tertiary/aromatic N) is 2. The van der Waals surface area contributed by atoms with Crippen LogP contribution < -0.4 is 5.32 Å². The fourth-order valence-corrected chi connectivity index (χ4v) is 2.32. The Morgan fingerprint density at radius 2 is 2.22 bits per heavy atom. The molecule has 2 rings (SSSR count). The quantitative estimate of drug-likeness (QED) is 0.854. The highest BCUT2D eigenvalue weighted by Gasteiger charge is 2.24. The van der Waals surface area contributed by atoms with Gasteiger partial charge in [-0.1, -0.05) is 18.5 Å². The van der Waals surface area contributed by atoms with Gasteiger partial charge >= 0.3 is 0 Å². The third kappa shape index (κ3) is 2.93. The van der Waals surface area contributed by atoms with Crippen molar-refractivity contribution in [3.63, 3.8) is 0 Å². The largest absolute Gasteiger partial charge is 0.378 e. The minimum Gasteiger partial charge on any atom is -0.378 e. The number of rotatable bonds is 4. The normalized spacial score (nSPS) is 23.3. The SMILES string of the molecule is CCc1nc(Cl)c(C)c(NCC2CCOC2C)n1. The van der Waals surface area contributed by atoms with Crippen LogP contribution in [0.4, 0.5) is 5.82 Å². The molecule has 5 heteroatoms. The molecule has 2 heterocycles. The molecule has 0 amide bonds. The first-order chi connectivity index (χ1) is 8.61. The molecular formula is C13H20ClN3O. The molecule has 0 bridgehead atoms. The van der Waals surface area contributed by atoms with Crippen molar-refractivity contribution in [2.24, 2.45) is 5.92 Å². The average Bonchev–Trinajstić information content (AvgIpc) is 2.76. The molecule has 2 unspecified atom stereocenters. The van der Waals surface area contributed by atoms with E-state index in [9.17, 15) is 0 Å². The molecule has 1 aromatic heterocycles. The summed E-state index contributed by atoms with van der Waals surface area (Å²) in [5.41, 5.74) is 0.917. The summed E-state index contributed by atoms with van der Waals surface area (Å²) in [5.74, 6) is 2.18. The summed E-state index contributed by atoms with van der Waals surface area (Å²) in [6.07, 6.45) is 2.21. The van der Waals surface area contributed by atoms with Gasteiger partial charge in [0.1, 0.15) is 16.8 Å². The van der Waals surface area contributed by atoms with Crippen LogP contribution >= 0.6 is 11.6 Å². The maximum atomic E-state index is 6.11. The summed E-state index contributed by atoms with van der Waals surface area (Å²) in [6, 6.07) is 0. The molecule has 0 radical (unpaired) electrons. The Morgan fingerprint density at radius 1 is 1.44 bits per heavy atom. The Balaban J connectivity index is 2.06. The number of hydrogen-bond acceptors (Lipinski definition) is 4. The van der Waals surface area contributed by atoms with E-state index in [0.29, 0.717) is 17.2 Å².